The summed E-state index contributed by atoms with van der Waals surface area (Å²) >= 11 is 3.52. The van der Waals surface area contributed by atoms with Gasteiger partial charge in [0, 0.05) is 48.1 Å². The number of hydrogen-bond donors (Lipinski definition) is 1. The first-order chi connectivity index (χ1) is 9.39. The zero-order valence-electron chi connectivity index (χ0n) is 12.6. The molecule has 0 saturated carbocycles. The number of aliphatic imine (C=N–C) groups is 1. The van der Waals surface area contributed by atoms with Gasteiger partial charge in [-0.15, -0.1) is 0 Å². The molecule has 0 atom stereocenters. The van der Waals surface area contributed by atoms with Crippen molar-refractivity contribution in [2.75, 3.05) is 14.2 Å². The Morgan fingerprint density at radius 1 is 1.40 bits per heavy atom. The maximum absolute atomic E-state index is 5.31. The highest BCUT2D eigenvalue weighted by Gasteiger charge is 2.35. The molecule has 0 fully saturated rings. The first-order valence-corrected chi connectivity index (χ1v) is 7.37. The van der Waals surface area contributed by atoms with Crippen molar-refractivity contribution in [2.45, 2.75) is 33.5 Å². The molecular weight excluding hydrogens is 320 g/mol. The average molecular weight is 341 g/mol. The fraction of sp³-hybridized carbons (Fsp3) is 0.533. The predicted molar refractivity (Wildman–Crippen MR) is 84.8 cm³/mol. The number of aromatic amines is 1. The summed E-state index contributed by atoms with van der Waals surface area (Å²) in [4.78, 5) is 7.98. The molecule has 0 aliphatic carbocycles. The maximum Gasteiger partial charge on any atom is 0.196 e. The van der Waals surface area contributed by atoms with Gasteiger partial charge in [-0.2, -0.15) is 0 Å². The van der Waals surface area contributed by atoms with E-state index in [0.717, 1.165) is 28.0 Å². The van der Waals surface area contributed by atoms with Gasteiger partial charge in [-0.05, 0) is 34.5 Å². The first-order valence-electron chi connectivity index (χ1n) is 6.57. The standard InChI is InChI=1S/C15H21BrN2O2/c1-9-10(16)8-17-11(9)6-13-15(2,3)7-12(18-13)14(19-4)20-5/h6,8,14,17H,7H2,1-5H3/b13-6-. The number of allylic oxidation sites excluding steroid dienone is 1. The van der Waals surface area contributed by atoms with Gasteiger partial charge in [0.25, 0.3) is 0 Å². The van der Waals surface area contributed by atoms with Crippen LogP contribution in [0.3, 0.4) is 0 Å². The lowest BCUT2D eigenvalue weighted by Gasteiger charge is -2.19. The molecule has 1 N–H and O–H groups in total. The Labute approximate surface area is 128 Å². The van der Waals surface area contributed by atoms with Crippen molar-refractivity contribution in [3.8, 4) is 0 Å². The minimum Gasteiger partial charge on any atom is -0.360 e. The molecule has 0 bridgehead atoms. The monoisotopic (exact) mass is 340 g/mol. The minimum absolute atomic E-state index is 0.0192. The Balaban J connectivity index is 2.36. The smallest absolute Gasteiger partial charge is 0.196 e. The van der Waals surface area contributed by atoms with E-state index in [1.54, 1.807) is 14.2 Å². The van der Waals surface area contributed by atoms with Gasteiger partial charge in [0.05, 0.1) is 5.71 Å². The van der Waals surface area contributed by atoms with Crippen molar-refractivity contribution in [1.82, 2.24) is 4.98 Å². The van der Waals surface area contributed by atoms with Crippen LogP contribution in [0.15, 0.2) is 21.4 Å². The fourth-order valence-corrected chi connectivity index (χ4v) is 2.72. The molecule has 5 heteroatoms. The van der Waals surface area contributed by atoms with Crippen LogP contribution >= 0.6 is 15.9 Å². The van der Waals surface area contributed by atoms with Crippen LogP contribution in [0.25, 0.3) is 6.08 Å². The third-order valence-electron chi connectivity index (χ3n) is 3.68. The number of H-pyrrole nitrogens is 1. The Kier molecular flexibility index (Phi) is 4.52. The normalized spacial score (nSPS) is 19.9. The van der Waals surface area contributed by atoms with E-state index < -0.39 is 0 Å². The number of nitrogens with one attached hydrogen (secondary N) is 1. The van der Waals surface area contributed by atoms with Crippen LogP contribution < -0.4 is 0 Å². The molecule has 2 rings (SSSR count). The van der Waals surface area contributed by atoms with Crippen LogP contribution in [0, 0.1) is 12.3 Å². The Morgan fingerprint density at radius 2 is 2.05 bits per heavy atom. The minimum atomic E-state index is -0.364. The van der Waals surface area contributed by atoms with Gasteiger partial charge in [0.15, 0.2) is 6.29 Å². The number of methoxy groups -OCH3 is 2. The molecule has 2 heterocycles. The highest BCUT2D eigenvalue weighted by molar-refractivity contribution is 9.10. The first kappa shape index (κ1) is 15.5. The zero-order chi connectivity index (χ0) is 14.9. The zero-order valence-corrected chi connectivity index (χ0v) is 14.2. The molecular formula is C15H21BrN2O2. The van der Waals surface area contributed by atoms with Crippen LogP contribution in [-0.2, 0) is 9.47 Å². The van der Waals surface area contributed by atoms with Gasteiger partial charge in [0.1, 0.15) is 0 Å². The number of ether oxygens (including phenoxy) is 2. The lowest BCUT2D eigenvalue weighted by atomic mass is 9.86. The summed E-state index contributed by atoms with van der Waals surface area (Å²) in [5.74, 6) is 0. The van der Waals surface area contributed by atoms with E-state index in [0.29, 0.717) is 0 Å². The van der Waals surface area contributed by atoms with E-state index in [1.807, 2.05) is 6.20 Å². The molecule has 20 heavy (non-hydrogen) atoms. The van der Waals surface area contributed by atoms with E-state index in [1.165, 1.54) is 5.56 Å². The quantitative estimate of drug-likeness (QED) is 0.844. The largest absolute Gasteiger partial charge is 0.360 e. The molecule has 0 amide bonds. The number of nitrogens with zero attached hydrogens (tertiary/aromatic N) is 1. The lowest BCUT2D eigenvalue weighted by molar-refractivity contribution is -0.0532. The lowest BCUT2D eigenvalue weighted by Crippen LogP contribution is -2.25. The third-order valence-corrected chi connectivity index (χ3v) is 4.50. The predicted octanol–water partition coefficient (Wildman–Crippen LogP) is 3.92. The SMILES string of the molecule is COC(OC)C1=N/C(=C\c2[nH]cc(Br)c2C)C(C)(C)C1. The van der Waals surface area contributed by atoms with Crippen molar-refractivity contribution < 1.29 is 9.47 Å². The van der Waals surface area contributed by atoms with E-state index in [-0.39, 0.29) is 11.7 Å². The third kappa shape index (κ3) is 2.90. The van der Waals surface area contributed by atoms with Crippen LogP contribution in [0.1, 0.15) is 31.5 Å². The summed E-state index contributed by atoms with van der Waals surface area (Å²) in [5, 5.41) is 0. The van der Waals surface area contributed by atoms with Gasteiger partial charge in [-0.25, -0.2) is 0 Å². The summed E-state index contributed by atoms with van der Waals surface area (Å²) in [7, 11) is 3.27. The molecule has 0 spiro atoms. The average Bonchev–Trinajstić information content (AvgIpc) is 2.85. The Morgan fingerprint density at radius 3 is 2.55 bits per heavy atom. The molecule has 1 aliphatic heterocycles. The van der Waals surface area contributed by atoms with E-state index in [4.69, 9.17) is 14.5 Å². The summed E-state index contributed by atoms with van der Waals surface area (Å²) in [6.07, 6.45) is 4.53. The van der Waals surface area contributed by atoms with Crippen molar-refractivity contribution in [2.24, 2.45) is 10.4 Å². The van der Waals surface area contributed by atoms with Gasteiger partial charge in [-0.3, -0.25) is 4.99 Å². The second kappa shape index (κ2) is 5.84. The van der Waals surface area contributed by atoms with Crippen molar-refractivity contribution in [1.29, 1.82) is 0 Å². The van der Waals surface area contributed by atoms with Crippen molar-refractivity contribution >= 4 is 27.7 Å². The molecule has 4 nitrogen and oxygen atoms in total. The summed E-state index contributed by atoms with van der Waals surface area (Å²) in [6, 6.07) is 0. The van der Waals surface area contributed by atoms with Crippen LogP contribution in [0.5, 0.6) is 0 Å². The van der Waals surface area contributed by atoms with Crippen molar-refractivity contribution in [3.05, 3.63) is 27.6 Å². The van der Waals surface area contributed by atoms with Crippen LogP contribution in [0.4, 0.5) is 0 Å². The Hall–Kier alpha value is -0.910. The molecule has 0 aromatic carbocycles. The van der Waals surface area contributed by atoms with Gasteiger partial charge < -0.3 is 14.5 Å². The van der Waals surface area contributed by atoms with E-state index in [9.17, 15) is 0 Å². The van der Waals surface area contributed by atoms with E-state index in [2.05, 4.69) is 47.8 Å². The second-order valence-corrected chi connectivity index (χ2v) is 6.53. The van der Waals surface area contributed by atoms with Crippen LogP contribution in [-0.4, -0.2) is 31.2 Å². The van der Waals surface area contributed by atoms with Crippen molar-refractivity contribution in [3.63, 3.8) is 0 Å². The molecule has 110 valence electrons. The van der Waals surface area contributed by atoms with Gasteiger partial charge in [-0.1, -0.05) is 13.8 Å². The molecule has 1 aromatic rings. The molecule has 0 radical (unpaired) electrons. The molecule has 0 saturated heterocycles. The fourth-order valence-electron chi connectivity index (χ4n) is 2.39. The number of halogens is 1. The maximum atomic E-state index is 5.31. The summed E-state index contributed by atoms with van der Waals surface area (Å²) in [6.45, 7) is 6.45. The number of aromatic nitrogens is 1. The van der Waals surface area contributed by atoms with E-state index >= 15 is 0 Å². The second-order valence-electron chi connectivity index (χ2n) is 5.67. The number of rotatable bonds is 4. The van der Waals surface area contributed by atoms with Gasteiger partial charge >= 0.3 is 0 Å². The summed E-state index contributed by atoms with van der Waals surface area (Å²) in [5.41, 5.74) is 4.23. The van der Waals surface area contributed by atoms with Gasteiger partial charge in [0.2, 0.25) is 0 Å². The molecule has 0 unspecified atom stereocenters. The molecule has 1 aromatic heterocycles. The Bertz CT molecular complexity index is 554. The van der Waals surface area contributed by atoms with Crippen LogP contribution in [0.2, 0.25) is 0 Å². The summed E-state index contributed by atoms with van der Waals surface area (Å²) < 4.78 is 11.7. The highest BCUT2D eigenvalue weighted by Crippen LogP contribution is 2.40. The highest BCUT2D eigenvalue weighted by atomic mass is 79.9. The number of hydrogen-bond acceptors (Lipinski definition) is 3. The molecule has 1 aliphatic rings. The topological polar surface area (TPSA) is 46.6 Å².